The minimum Gasteiger partial charge on any atom is -0.359 e. The molecule has 4 heterocycles. The van der Waals surface area contributed by atoms with Crippen molar-refractivity contribution >= 4 is 59.5 Å². The number of benzene rings is 1. The van der Waals surface area contributed by atoms with E-state index in [-0.39, 0.29) is 17.2 Å². The van der Waals surface area contributed by atoms with Crippen LogP contribution in [0.25, 0.3) is 21.3 Å². The van der Waals surface area contributed by atoms with Gasteiger partial charge in [-0.3, -0.25) is 4.79 Å². The number of aryl methyl sites for hydroxylation is 1. The van der Waals surface area contributed by atoms with E-state index in [1.54, 1.807) is 65.1 Å². The Bertz CT molecular complexity index is 1740. The van der Waals surface area contributed by atoms with Gasteiger partial charge in [-0.25, -0.2) is 23.2 Å². The molecule has 1 aromatic carbocycles. The van der Waals surface area contributed by atoms with Crippen molar-refractivity contribution in [3.8, 4) is 0 Å². The second-order valence-electron chi connectivity index (χ2n) is 9.79. The van der Waals surface area contributed by atoms with E-state index in [0.29, 0.717) is 32.5 Å². The normalized spacial score (nSPS) is 14.0. The Balaban J connectivity index is 1.62. The van der Waals surface area contributed by atoms with Gasteiger partial charge >= 0.3 is 0 Å². The molecule has 0 saturated carbocycles. The van der Waals surface area contributed by atoms with Crippen molar-refractivity contribution in [2.75, 3.05) is 6.61 Å². The number of thiol groups is 1. The van der Waals surface area contributed by atoms with Crippen LogP contribution >= 0.6 is 21.3 Å². The first-order valence-electron chi connectivity index (χ1n) is 11.6. The van der Waals surface area contributed by atoms with Crippen molar-refractivity contribution in [2.24, 2.45) is 7.05 Å². The van der Waals surface area contributed by atoms with Gasteiger partial charge < -0.3 is 9.30 Å². The smallest absolute Gasteiger partial charge is 0.288 e. The summed E-state index contributed by atoms with van der Waals surface area (Å²) in [5.41, 5.74) is 0.674. The maximum absolute atomic E-state index is 14.1. The van der Waals surface area contributed by atoms with Crippen molar-refractivity contribution in [3.05, 3.63) is 59.1 Å². The quantitative estimate of drug-likeness (QED) is 0.117. The second kappa shape index (κ2) is 9.83. The fourth-order valence-electron chi connectivity index (χ4n) is 3.94. The molecule has 0 saturated heterocycles. The Labute approximate surface area is 221 Å². The lowest BCUT2D eigenvalue weighted by atomic mass is 10.4. The van der Waals surface area contributed by atoms with Crippen molar-refractivity contribution in [3.63, 3.8) is 0 Å². The molecule has 0 aliphatic carbocycles. The van der Waals surface area contributed by atoms with E-state index in [9.17, 15) is 13.2 Å². The van der Waals surface area contributed by atoms with Crippen molar-refractivity contribution in [2.45, 2.75) is 46.7 Å². The number of aromatic amines is 1. The fraction of sp³-hybridized carbons (Fsp3) is 0.304. The van der Waals surface area contributed by atoms with E-state index in [4.69, 9.17) is 9.72 Å². The molecule has 0 spiro atoms. The summed E-state index contributed by atoms with van der Waals surface area (Å²) in [6.45, 7) is 7.58. The summed E-state index contributed by atoms with van der Waals surface area (Å²) >= 11 is 1.27. The van der Waals surface area contributed by atoms with Gasteiger partial charge in [0.1, 0.15) is 12.2 Å². The van der Waals surface area contributed by atoms with Crippen LogP contribution in [0.5, 0.6) is 0 Å². The molecule has 0 bridgehead atoms. The van der Waals surface area contributed by atoms with Gasteiger partial charge in [-0.2, -0.15) is 10.2 Å². The van der Waals surface area contributed by atoms with Gasteiger partial charge in [0.15, 0.2) is 9.99 Å². The summed E-state index contributed by atoms with van der Waals surface area (Å²) in [5, 5.41) is 12.0. The van der Waals surface area contributed by atoms with E-state index < -0.39 is 26.9 Å². The second-order valence-corrected chi connectivity index (χ2v) is 22.1. The van der Waals surface area contributed by atoms with Crippen LogP contribution < -0.4 is 5.56 Å². The van der Waals surface area contributed by atoms with Crippen LogP contribution in [0, 0.1) is 0 Å². The zero-order valence-electron chi connectivity index (χ0n) is 20.9. The number of aromatic nitrogens is 6. The van der Waals surface area contributed by atoms with Gasteiger partial charge in [-0.15, -0.1) is 11.3 Å². The molecule has 14 heteroatoms. The molecule has 1 N–H and O–H groups in total. The first-order valence-corrected chi connectivity index (χ1v) is 19.6. The first kappa shape index (κ1) is 25.8. The van der Waals surface area contributed by atoms with Crippen molar-refractivity contribution < 1.29 is 13.2 Å². The summed E-state index contributed by atoms with van der Waals surface area (Å²) in [7, 11) is -5.38. The number of rotatable bonds is 9. The summed E-state index contributed by atoms with van der Waals surface area (Å²) in [6, 6.07) is 11.1. The van der Waals surface area contributed by atoms with E-state index in [2.05, 4.69) is 34.9 Å². The monoisotopic (exact) mass is 576 g/mol. The van der Waals surface area contributed by atoms with E-state index >= 15 is 0 Å². The summed E-state index contributed by atoms with van der Waals surface area (Å²) in [5.74, 6) is 0. The predicted octanol–water partition coefficient (Wildman–Crippen LogP) is 4.19. The maximum atomic E-state index is 14.1. The Morgan fingerprint density at radius 1 is 1.16 bits per heavy atom. The molecule has 1 atom stereocenters. The predicted molar refractivity (Wildman–Crippen MR) is 150 cm³/mol. The van der Waals surface area contributed by atoms with Gasteiger partial charge in [0, 0.05) is 27.1 Å². The molecule has 1 unspecified atom stereocenters. The number of hydrogen-bond acceptors (Lipinski definition) is 8. The number of fused-ring (bicyclic) bond motifs is 3. The zero-order chi connectivity index (χ0) is 26.4. The molecule has 37 heavy (non-hydrogen) atoms. The third-order valence-electron chi connectivity index (χ3n) is 5.89. The highest BCUT2D eigenvalue weighted by Gasteiger charge is 2.33. The average Bonchev–Trinajstić information content (AvgIpc) is 3.54. The van der Waals surface area contributed by atoms with Gasteiger partial charge in [0.25, 0.3) is 5.56 Å². The number of nitrogens with zero attached hydrogens (tertiary/aromatic N) is 5. The van der Waals surface area contributed by atoms with Crippen LogP contribution in [0.4, 0.5) is 0 Å². The number of hydrogen-bond donors (Lipinski definition) is 2. The molecular formula is C23H28N6O4S3Si. The molecule has 196 valence electrons. The molecule has 5 rings (SSSR count). The Morgan fingerprint density at radius 2 is 1.92 bits per heavy atom. The SMILES string of the molecule is Cn1c2nc([SH](c3ccnn3COCC[Si](C)(C)C)S(=O)(=O)c3ccccc3)sc2c2cn[nH]c(=O)c21. The molecule has 0 amide bonds. The third-order valence-corrected chi connectivity index (χ3v) is 15.4. The highest BCUT2D eigenvalue weighted by molar-refractivity contribution is 8.81. The molecule has 0 radical (unpaired) electrons. The molecule has 4 aromatic heterocycles. The van der Waals surface area contributed by atoms with Gasteiger partial charge in [0.05, 0.1) is 27.0 Å². The number of H-pyrrole nitrogens is 1. The lowest BCUT2D eigenvalue weighted by Gasteiger charge is -2.21. The van der Waals surface area contributed by atoms with Crippen LogP contribution in [0.2, 0.25) is 25.7 Å². The minimum atomic E-state index is -3.84. The molecule has 10 nitrogen and oxygen atoms in total. The van der Waals surface area contributed by atoms with Crippen LogP contribution in [0.3, 0.4) is 0 Å². The molecule has 0 aliphatic rings. The topological polar surface area (TPSA) is 125 Å². The Hall–Kier alpha value is -2.78. The number of ether oxygens (including phenoxy) is 1. The maximum Gasteiger partial charge on any atom is 0.288 e. The van der Waals surface area contributed by atoms with Gasteiger partial charge in [-0.05, 0) is 34.2 Å². The van der Waals surface area contributed by atoms with E-state index in [0.717, 1.165) is 10.7 Å². The molecule has 0 fully saturated rings. The minimum absolute atomic E-state index is 0.156. The highest BCUT2D eigenvalue weighted by Crippen LogP contribution is 2.55. The van der Waals surface area contributed by atoms with Crippen molar-refractivity contribution in [1.82, 2.24) is 29.5 Å². The Morgan fingerprint density at radius 3 is 2.65 bits per heavy atom. The zero-order valence-corrected chi connectivity index (χ0v) is 24.4. The molecule has 0 aliphatic heterocycles. The van der Waals surface area contributed by atoms with E-state index in [1.807, 2.05) is 0 Å². The fourth-order valence-corrected chi connectivity index (χ4v) is 12.7. The van der Waals surface area contributed by atoms with E-state index in [1.165, 1.54) is 11.3 Å². The van der Waals surface area contributed by atoms with Crippen LogP contribution in [-0.4, -0.2) is 52.6 Å². The summed E-state index contributed by atoms with van der Waals surface area (Å²) < 4.78 is 38.6. The molecule has 5 aromatic rings. The molecular weight excluding hydrogens is 549 g/mol. The van der Waals surface area contributed by atoms with Crippen LogP contribution in [0.15, 0.2) is 67.8 Å². The highest BCUT2D eigenvalue weighted by atomic mass is 33.2. The van der Waals surface area contributed by atoms with Gasteiger partial charge in [0.2, 0.25) is 8.87 Å². The standard InChI is InChI=1S/C23H28N6O4S3Si/c1-28-19-17(14-24-27-22(19)30)20-21(28)26-23(34-20)35(36(31,32)16-8-6-5-7-9-16)18-10-11-25-29(18)15-33-12-13-37(2,3)4/h5-11,14,35H,12-13,15H2,1-4H3,(H,27,30). The number of nitrogens with one attached hydrogen (secondary N) is 1. The van der Waals surface area contributed by atoms with Gasteiger partial charge in [-0.1, -0.05) is 37.8 Å². The Kier molecular flexibility index (Phi) is 6.87. The number of thiazole rings is 1. The van der Waals surface area contributed by atoms with Crippen LogP contribution in [-0.2, 0) is 27.4 Å². The average molecular weight is 577 g/mol. The van der Waals surface area contributed by atoms with Crippen molar-refractivity contribution in [1.29, 1.82) is 0 Å². The summed E-state index contributed by atoms with van der Waals surface area (Å²) in [6.07, 6.45) is 3.17. The summed E-state index contributed by atoms with van der Waals surface area (Å²) in [4.78, 5) is 17.4. The first-order chi connectivity index (χ1) is 17.6. The lowest BCUT2D eigenvalue weighted by molar-refractivity contribution is 0.0726. The van der Waals surface area contributed by atoms with Crippen LogP contribution in [0.1, 0.15) is 0 Å². The largest absolute Gasteiger partial charge is 0.359 e. The third kappa shape index (κ3) is 4.91. The lowest BCUT2D eigenvalue weighted by Crippen LogP contribution is -2.22.